The Balaban J connectivity index is 2.83. The predicted octanol–water partition coefficient (Wildman–Crippen LogP) is 1.52. The minimum atomic E-state index is -2.10. The Morgan fingerprint density at radius 2 is 2.30 bits per heavy atom. The largest absolute Gasteiger partial charge is 0.768 e. The van der Waals surface area contributed by atoms with Gasteiger partial charge in [0.15, 0.2) is 0 Å². The van der Waals surface area contributed by atoms with E-state index in [2.05, 4.69) is 0 Å². The highest BCUT2D eigenvalue weighted by molar-refractivity contribution is 8.04. The zero-order chi connectivity index (χ0) is 7.40. The number of hydrogen-bond acceptors (Lipinski definition) is 3. The number of hydrogen-bond donors (Lipinski definition) is 0. The lowest BCUT2D eigenvalue weighted by Crippen LogP contribution is -1.87. The van der Waals surface area contributed by atoms with Gasteiger partial charge in [-0.1, -0.05) is 6.08 Å². The first-order valence-corrected chi connectivity index (χ1v) is 4.60. The van der Waals surface area contributed by atoms with Gasteiger partial charge in [0.2, 0.25) is 0 Å². The van der Waals surface area contributed by atoms with Crippen molar-refractivity contribution in [1.82, 2.24) is 0 Å². The number of allylic oxidation sites excluding steroid dienone is 3. The highest BCUT2D eigenvalue weighted by Crippen LogP contribution is 2.13. The van der Waals surface area contributed by atoms with Crippen LogP contribution in [0.4, 0.5) is 0 Å². The molecule has 0 amide bonds. The number of thioether (sulfide) groups is 1. The van der Waals surface area contributed by atoms with Crippen LogP contribution < -0.4 is 0 Å². The Bertz CT molecular complexity index is 228. The highest BCUT2D eigenvalue weighted by atomic mass is 32.2. The van der Waals surface area contributed by atoms with Gasteiger partial charge in [-0.25, -0.2) is 0 Å². The van der Waals surface area contributed by atoms with Gasteiger partial charge >= 0.3 is 0 Å². The van der Waals surface area contributed by atoms with Crippen molar-refractivity contribution in [2.24, 2.45) is 0 Å². The predicted molar refractivity (Wildman–Crippen MR) is 42.9 cm³/mol. The van der Waals surface area contributed by atoms with E-state index < -0.39 is 11.1 Å². The van der Waals surface area contributed by atoms with E-state index in [4.69, 9.17) is 0 Å². The molecule has 0 fully saturated rings. The fourth-order valence-corrected chi connectivity index (χ4v) is 1.44. The van der Waals surface area contributed by atoms with Gasteiger partial charge in [0.1, 0.15) is 0 Å². The van der Waals surface area contributed by atoms with Crippen LogP contribution >= 0.6 is 11.8 Å². The Morgan fingerprint density at radius 3 is 3.00 bits per heavy atom. The molecule has 1 aliphatic heterocycles. The van der Waals surface area contributed by atoms with Gasteiger partial charge in [0, 0.05) is 4.91 Å². The Morgan fingerprint density at radius 1 is 1.50 bits per heavy atom. The molecule has 54 valence electrons. The fraction of sp³-hybridized carbons (Fsp3) is 0. The first kappa shape index (κ1) is 7.78. The van der Waals surface area contributed by atoms with Gasteiger partial charge in [-0.3, -0.25) is 4.21 Å². The summed E-state index contributed by atoms with van der Waals surface area (Å²) in [6.45, 7) is 0. The number of rotatable bonds is 1. The van der Waals surface area contributed by atoms with Gasteiger partial charge in [-0.05, 0) is 34.0 Å². The van der Waals surface area contributed by atoms with Crippen molar-refractivity contribution in [3.05, 3.63) is 33.9 Å². The third kappa shape index (κ3) is 2.13. The molecule has 1 rings (SSSR count). The molecular weight excluding hydrogens is 168 g/mol. The molecule has 4 heteroatoms. The van der Waals surface area contributed by atoms with Crippen molar-refractivity contribution in [1.29, 1.82) is 0 Å². The van der Waals surface area contributed by atoms with Crippen LogP contribution in [0.3, 0.4) is 0 Å². The lowest BCUT2D eigenvalue weighted by molar-refractivity contribution is 0.544. The second-order valence-corrected chi connectivity index (χ2v) is 3.33. The van der Waals surface area contributed by atoms with E-state index >= 15 is 0 Å². The Kier molecular flexibility index (Phi) is 2.92. The second-order valence-electron chi connectivity index (χ2n) is 1.57. The van der Waals surface area contributed by atoms with Crippen LogP contribution in [0.5, 0.6) is 0 Å². The van der Waals surface area contributed by atoms with E-state index in [9.17, 15) is 8.76 Å². The summed E-state index contributed by atoms with van der Waals surface area (Å²) in [7, 11) is 0. The van der Waals surface area contributed by atoms with Crippen molar-refractivity contribution >= 4 is 22.8 Å². The van der Waals surface area contributed by atoms with E-state index in [0.717, 1.165) is 0 Å². The van der Waals surface area contributed by atoms with Crippen LogP contribution in [0.1, 0.15) is 0 Å². The van der Waals surface area contributed by atoms with Crippen molar-refractivity contribution in [2.45, 2.75) is 0 Å². The molecule has 0 bridgehead atoms. The molecule has 0 N–H and O–H groups in total. The quantitative estimate of drug-likeness (QED) is 0.564. The Hall–Kier alpha value is -0.320. The lowest BCUT2D eigenvalue weighted by atomic mass is 10.5. The molecular formula is C6H5O2S2-. The molecule has 0 saturated heterocycles. The summed E-state index contributed by atoms with van der Waals surface area (Å²) in [4.78, 5) is 0.321. The molecule has 1 aliphatic rings. The molecule has 1 atom stereocenters. The van der Waals surface area contributed by atoms with E-state index in [1.54, 1.807) is 23.6 Å². The van der Waals surface area contributed by atoms with Gasteiger partial charge in [-0.15, -0.1) is 11.8 Å². The zero-order valence-corrected chi connectivity index (χ0v) is 6.65. The van der Waals surface area contributed by atoms with Crippen LogP contribution in [-0.2, 0) is 11.1 Å². The van der Waals surface area contributed by atoms with Crippen LogP contribution in [0.15, 0.2) is 33.9 Å². The summed E-state index contributed by atoms with van der Waals surface area (Å²) in [5.41, 5.74) is 0. The standard InChI is InChI=1S/C6H6O2S2/c7-10(8)6-2-1-4-9-5-3-6/h1-5H,(H,7,8)/p-1. The smallest absolute Gasteiger partial charge is 0.0254 e. The van der Waals surface area contributed by atoms with Gasteiger partial charge in [-0.2, -0.15) is 0 Å². The van der Waals surface area contributed by atoms with E-state index in [1.165, 1.54) is 11.8 Å². The van der Waals surface area contributed by atoms with Gasteiger partial charge in [0.25, 0.3) is 0 Å². The van der Waals surface area contributed by atoms with Crippen molar-refractivity contribution in [2.75, 3.05) is 0 Å². The third-order valence-corrected chi connectivity index (χ3v) is 2.19. The maximum absolute atomic E-state index is 10.3. The topological polar surface area (TPSA) is 40.1 Å². The van der Waals surface area contributed by atoms with Crippen LogP contribution in [-0.4, -0.2) is 8.76 Å². The van der Waals surface area contributed by atoms with Crippen molar-refractivity contribution in [3.63, 3.8) is 0 Å². The third-order valence-electron chi connectivity index (χ3n) is 0.921. The zero-order valence-electron chi connectivity index (χ0n) is 5.02. The summed E-state index contributed by atoms with van der Waals surface area (Å²) >= 11 is -0.653. The molecule has 1 unspecified atom stereocenters. The summed E-state index contributed by atoms with van der Waals surface area (Å²) in [5, 5.41) is 3.54. The van der Waals surface area contributed by atoms with Crippen molar-refractivity contribution < 1.29 is 8.76 Å². The molecule has 0 spiro atoms. The molecule has 10 heavy (non-hydrogen) atoms. The highest BCUT2D eigenvalue weighted by Gasteiger charge is 1.90. The Labute approximate surface area is 66.0 Å². The average Bonchev–Trinajstić information content (AvgIpc) is 2.12. The van der Waals surface area contributed by atoms with Crippen LogP contribution in [0.25, 0.3) is 0 Å². The molecule has 0 radical (unpaired) electrons. The summed E-state index contributed by atoms with van der Waals surface area (Å²) in [6.07, 6.45) is 4.82. The van der Waals surface area contributed by atoms with E-state index in [-0.39, 0.29) is 0 Å². The monoisotopic (exact) mass is 173 g/mol. The van der Waals surface area contributed by atoms with Crippen molar-refractivity contribution in [3.8, 4) is 0 Å². The molecule has 0 aliphatic carbocycles. The normalized spacial score (nSPS) is 19.9. The molecule has 0 aromatic heterocycles. The molecule has 0 aromatic rings. The average molecular weight is 173 g/mol. The summed E-state index contributed by atoms with van der Waals surface area (Å²) < 4.78 is 20.7. The minimum absolute atomic E-state index is 0.321. The van der Waals surface area contributed by atoms with Crippen LogP contribution in [0.2, 0.25) is 0 Å². The molecule has 2 nitrogen and oxygen atoms in total. The summed E-state index contributed by atoms with van der Waals surface area (Å²) in [5.74, 6) is 0. The molecule has 1 heterocycles. The molecule has 0 aromatic carbocycles. The summed E-state index contributed by atoms with van der Waals surface area (Å²) in [6, 6.07) is 0. The minimum Gasteiger partial charge on any atom is -0.768 e. The first-order chi connectivity index (χ1) is 4.80. The van der Waals surface area contributed by atoms with E-state index in [0.29, 0.717) is 4.91 Å². The second kappa shape index (κ2) is 3.75. The first-order valence-electron chi connectivity index (χ1n) is 2.59. The van der Waals surface area contributed by atoms with Crippen LogP contribution in [0, 0.1) is 0 Å². The lowest BCUT2D eigenvalue weighted by Gasteiger charge is -2.02. The maximum atomic E-state index is 10.3. The maximum Gasteiger partial charge on any atom is 0.0254 e. The van der Waals surface area contributed by atoms with Gasteiger partial charge in [0.05, 0.1) is 0 Å². The SMILES string of the molecule is O=S([O-])C1=CC=CSC=C1. The molecule has 0 saturated carbocycles. The van der Waals surface area contributed by atoms with E-state index in [1.807, 2.05) is 5.41 Å². The van der Waals surface area contributed by atoms with Gasteiger partial charge < -0.3 is 4.55 Å². The fourth-order valence-electron chi connectivity index (χ4n) is 0.498.